The number of likely N-dealkylation sites (tertiary alicyclic amines) is 1. The molecule has 1 saturated heterocycles. The predicted octanol–water partition coefficient (Wildman–Crippen LogP) is 3.42. The predicted molar refractivity (Wildman–Crippen MR) is 81.3 cm³/mol. The third-order valence-corrected chi connectivity index (χ3v) is 5.67. The second-order valence-corrected chi connectivity index (χ2v) is 7.49. The molecule has 0 aromatic heterocycles. The van der Waals surface area contributed by atoms with Gasteiger partial charge in [-0.15, -0.1) is 0 Å². The van der Waals surface area contributed by atoms with E-state index in [1.165, 1.54) is 64.5 Å². The van der Waals surface area contributed by atoms with E-state index in [9.17, 15) is 0 Å². The highest BCUT2D eigenvalue weighted by atomic mass is 15.2. The molecule has 0 aromatic rings. The Balaban J connectivity index is 1.64. The van der Waals surface area contributed by atoms with E-state index in [0.717, 1.165) is 30.0 Å². The van der Waals surface area contributed by atoms with Crippen LogP contribution >= 0.6 is 0 Å². The number of nitrogens with zero attached hydrogens (tertiary/aromatic N) is 1. The Bertz CT molecular complexity index is 283. The van der Waals surface area contributed by atoms with Crippen LogP contribution in [0.1, 0.15) is 65.2 Å². The molecule has 2 aliphatic carbocycles. The molecular weight excluding hydrogens is 232 g/mol. The number of nitrogens with one attached hydrogen (secondary N) is 1. The Hall–Kier alpha value is -0.0800. The van der Waals surface area contributed by atoms with E-state index in [4.69, 9.17) is 0 Å². The lowest BCUT2D eigenvalue weighted by Gasteiger charge is -2.49. The van der Waals surface area contributed by atoms with Crippen LogP contribution in [-0.2, 0) is 0 Å². The number of piperidine rings is 1. The molecule has 2 nitrogen and oxygen atoms in total. The van der Waals surface area contributed by atoms with E-state index >= 15 is 0 Å². The van der Waals surface area contributed by atoms with E-state index in [1.807, 2.05) is 0 Å². The standard InChI is InChI=1S/C17H32N2/c1-13(2)17(12-18-15-9-10-15)19-11-5-7-14-6-3-4-8-16(14)19/h13-18H,3-12H2,1-2H3. The van der Waals surface area contributed by atoms with Crippen LogP contribution in [0.15, 0.2) is 0 Å². The van der Waals surface area contributed by atoms with E-state index in [2.05, 4.69) is 24.1 Å². The Morgan fingerprint density at radius 1 is 1.00 bits per heavy atom. The van der Waals surface area contributed by atoms with E-state index in [-0.39, 0.29) is 0 Å². The maximum atomic E-state index is 3.79. The molecule has 3 fully saturated rings. The normalized spacial score (nSPS) is 34.3. The fourth-order valence-corrected chi connectivity index (χ4v) is 4.39. The summed E-state index contributed by atoms with van der Waals surface area (Å²) < 4.78 is 0. The highest BCUT2D eigenvalue weighted by Crippen LogP contribution is 2.37. The topological polar surface area (TPSA) is 15.3 Å². The van der Waals surface area contributed by atoms with Gasteiger partial charge in [0.15, 0.2) is 0 Å². The van der Waals surface area contributed by atoms with E-state index < -0.39 is 0 Å². The van der Waals surface area contributed by atoms with Crippen molar-refractivity contribution in [3.63, 3.8) is 0 Å². The minimum atomic E-state index is 0.770. The van der Waals surface area contributed by atoms with Crippen molar-refractivity contribution in [2.75, 3.05) is 13.1 Å². The maximum absolute atomic E-state index is 3.79. The van der Waals surface area contributed by atoms with Gasteiger partial charge in [-0.1, -0.05) is 26.7 Å². The summed E-state index contributed by atoms with van der Waals surface area (Å²) in [5.41, 5.74) is 0. The van der Waals surface area contributed by atoms with Crippen molar-refractivity contribution < 1.29 is 0 Å². The Labute approximate surface area is 119 Å². The Kier molecular flexibility index (Phi) is 4.48. The summed E-state index contributed by atoms with van der Waals surface area (Å²) >= 11 is 0. The lowest BCUT2D eigenvalue weighted by molar-refractivity contribution is 0.0100. The molecule has 3 aliphatic rings. The summed E-state index contributed by atoms with van der Waals surface area (Å²) in [6.45, 7) is 7.43. The van der Waals surface area contributed by atoms with Crippen LogP contribution in [0.4, 0.5) is 0 Å². The molecule has 0 bridgehead atoms. The van der Waals surface area contributed by atoms with Crippen LogP contribution in [0.5, 0.6) is 0 Å². The molecule has 0 spiro atoms. The van der Waals surface area contributed by atoms with Crippen LogP contribution in [-0.4, -0.2) is 36.1 Å². The highest BCUT2D eigenvalue weighted by molar-refractivity contribution is 4.93. The number of rotatable bonds is 5. The highest BCUT2D eigenvalue weighted by Gasteiger charge is 2.37. The molecule has 0 radical (unpaired) electrons. The molecular formula is C17H32N2. The van der Waals surface area contributed by atoms with Gasteiger partial charge < -0.3 is 5.32 Å². The van der Waals surface area contributed by atoms with Crippen molar-refractivity contribution in [2.24, 2.45) is 11.8 Å². The van der Waals surface area contributed by atoms with E-state index in [0.29, 0.717) is 0 Å². The maximum Gasteiger partial charge on any atom is 0.0246 e. The first-order chi connectivity index (χ1) is 9.25. The van der Waals surface area contributed by atoms with Crippen LogP contribution in [0.25, 0.3) is 0 Å². The van der Waals surface area contributed by atoms with Crippen LogP contribution in [0.3, 0.4) is 0 Å². The van der Waals surface area contributed by atoms with Crippen molar-refractivity contribution in [3.8, 4) is 0 Å². The summed E-state index contributed by atoms with van der Waals surface area (Å²) in [4.78, 5) is 2.91. The summed E-state index contributed by atoms with van der Waals surface area (Å²) in [5, 5.41) is 3.79. The summed E-state index contributed by atoms with van der Waals surface area (Å²) in [7, 11) is 0. The van der Waals surface area contributed by atoms with Gasteiger partial charge in [0.25, 0.3) is 0 Å². The summed E-state index contributed by atoms with van der Waals surface area (Å²) in [5.74, 6) is 1.80. The van der Waals surface area contributed by atoms with Gasteiger partial charge in [-0.3, -0.25) is 4.90 Å². The molecule has 3 rings (SSSR count). The average Bonchev–Trinajstić information content (AvgIpc) is 3.23. The smallest absolute Gasteiger partial charge is 0.0246 e. The first-order valence-electron chi connectivity index (χ1n) is 8.75. The zero-order valence-corrected chi connectivity index (χ0v) is 12.9. The van der Waals surface area contributed by atoms with Gasteiger partial charge in [-0.25, -0.2) is 0 Å². The average molecular weight is 264 g/mol. The Morgan fingerprint density at radius 3 is 2.47 bits per heavy atom. The molecule has 19 heavy (non-hydrogen) atoms. The van der Waals surface area contributed by atoms with Crippen LogP contribution in [0, 0.1) is 11.8 Å². The number of hydrogen-bond acceptors (Lipinski definition) is 2. The molecule has 110 valence electrons. The van der Waals surface area contributed by atoms with E-state index in [1.54, 1.807) is 0 Å². The van der Waals surface area contributed by atoms with Crippen molar-refractivity contribution in [1.29, 1.82) is 0 Å². The third-order valence-electron chi connectivity index (χ3n) is 5.67. The van der Waals surface area contributed by atoms with Crippen molar-refractivity contribution >= 4 is 0 Å². The third kappa shape index (κ3) is 3.33. The largest absolute Gasteiger partial charge is 0.312 e. The molecule has 0 aromatic carbocycles. The minimum absolute atomic E-state index is 0.770. The zero-order chi connectivity index (χ0) is 13.2. The van der Waals surface area contributed by atoms with Crippen LogP contribution in [0.2, 0.25) is 0 Å². The number of hydrogen-bond donors (Lipinski definition) is 1. The lowest BCUT2D eigenvalue weighted by atomic mass is 9.77. The van der Waals surface area contributed by atoms with Crippen molar-refractivity contribution in [3.05, 3.63) is 0 Å². The fourth-order valence-electron chi connectivity index (χ4n) is 4.39. The zero-order valence-electron chi connectivity index (χ0n) is 12.9. The SMILES string of the molecule is CC(C)C(CNC1CC1)N1CCCC2CCCCC21. The second-order valence-electron chi connectivity index (χ2n) is 7.49. The monoisotopic (exact) mass is 264 g/mol. The Morgan fingerprint density at radius 2 is 1.74 bits per heavy atom. The molecule has 1 N–H and O–H groups in total. The fraction of sp³-hybridized carbons (Fsp3) is 1.00. The van der Waals surface area contributed by atoms with Gasteiger partial charge in [0.2, 0.25) is 0 Å². The molecule has 3 atom stereocenters. The van der Waals surface area contributed by atoms with Crippen molar-refractivity contribution in [2.45, 2.75) is 83.3 Å². The molecule has 2 saturated carbocycles. The van der Waals surface area contributed by atoms with Gasteiger partial charge in [0.05, 0.1) is 0 Å². The minimum Gasteiger partial charge on any atom is -0.312 e. The summed E-state index contributed by atoms with van der Waals surface area (Å²) in [6, 6.07) is 2.54. The quantitative estimate of drug-likeness (QED) is 0.818. The van der Waals surface area contributed by atoms with Gasteiger partial charge >= 0.3 is 0 Å². The van der Waals surface area contributed by atoms with Gasteiger partial charge in [-0.05, 0) is 56.9 Å². The second kappa shape index (κ2) is 6.13. The molecule has 0 amide bonds. The summed E-state index contributed by atoms with van der Waals surface area (Å²) in [6.07, 6.45) is 11.7. The van der Waals surface area contributed by atoms with Crippen molar-refractivity contribution in [1.82, 2.24) is 10.2 Å². The van der Waals surface area contributed by atoms with Gasteiger partial charge in [0, 0.05) is 24.7 Å². The molecule has 3 unspecified atom stereocenters. The molecule has 1 aliphatic heterocycles. The van der Waals surface area contributed by atoms with Gasteiger partial charge in [-0.2, -0.15) is 0 Å². The molecule has 2 heteroatoms. The lowest BCUT2D eigenvalue weighted by Crippen LogP contribution is -2.56. The molecule has 1 heterocycles. The first kappa shape index (κ1) is 13.9. The number of fused-ring (bicyclic) bond motifs is 1. The van der Waals surface area contributed by atoms with Gasteiger partial charge in [0.1, 0.15) is 0 Å². The first-order valence-corrected chi connectivity index (χ1v) is 8.75. The van der Waals surface area contributed by atoms with Crippen LogP contribution < -0.4 is 5.32 Å².